The van der Waals surface area contributed by atoms with Crippen LogP contribution in [0.25, 0.3) is 0 Å². The first-order valence-corrected chi connectivity index (χ1v) is 7.35. The molecule has 22 heavy (non-hydrogen) atoms. The average molecular weight is 338 g/mol. The lowest BCUT2D eigenvalue weighted by molar-refractivity contribution is -0.141. The molecule has 6 nitrogen and oxygen atoms in total. The fourth-order valence-electron chi connectivity index (χ4n) is 1.39. The number of methoxy groups -OCH3 is 1. The first-order chi connectivity index (χ1) is 10.4. The van der Waals surface area contributed by atoms with E-state index in [4.69, 9.17) is 0 Å². The Morgan fingerprint density at radius 1 is 1.45 bits per heavy atom. The summed E-state index contributed by atoms with van der Waals surface area (Å²) in [5.74, 6) is 0.0354. The predicted octanol–water partition coefficient (Wildman–Crippen LogP) is 1.78. The van der Waals surface area contributed by atoms with E-state index in [9.17, 15) is 18.0 Å². The molecule has 0 radical (unpaired) electrons. The van der Waals surface area contributed by atoms with Crippen molar-refractivity contribution >= 4 is 23.3 Å². The van der Waals surface area contributed by atoms with Crippen molar-refractivity contribution in [2.24, 2.45) is 4.99 Å². The minimum Gasteiger partial charge on any atom is -0.469 e. The van der Waals surface area contributed by atoms with Crippen LogP contribution < -0.4 is 10.6 Å². The van der Waals surface area contributed by atoms with E-state index >= 15 is 0 Å². The minimum absolute atomic E-state index is 0.0221. The van der Waals surface area contributed by atoms with Gasteiger partial charge in [0.1, 0.15) is 5.01 Å². The quantitative estimate of drug-likeness (QED) is 0.470. The van der Waals surface area contributed by atoms with Crippen molar-refractivity contribution in [3.05, 3.63) is 16.1 Å². The third-order valence-corrected chi connectivity index (χ3v) is 3.24. The number of halogens is 3. The van der Waals surface area contributed by atoms with Gasteiger partial charge in [0.05, 0.1) is 20.1 Å². The molecule has 124 valence electrons. The minimum atomic E-state index is -4.44. The summed E-state index contributed by atoms with van der Waals surface area (Å²) in [6, 6.07) is 0. The molecule has 0 spiro atoms. The number of aromatic nitrogens is 1. The Labute approximate surface area is 129 Å². The number of aliphatic imine (C=N–C) groups is 1. The Hall–Kier alpha value is -1.84. The van der Waals surface area contributed by atoms with Gasteiger partial charge in [-0.2, -0.15) is 13.2 Å². The zero-order chi connectivity index (χ0) is 16.6. The molecule has 0 bridgehead atoms. The lowest BCUT2D eigenvalue weighted by Crippen LogP contribution is -2.38. The molecule has 0 saturated heterocycles. The van der Waals surface area contributed by atoms with E-state index in [0.29, 0.717) is 19.0 Å². The van der Waals surface area contributed by atoms with Crippen LogP contribution in [-0.2, 0) is 22.3 Å². The molecule has 1 aromatic rings. The van der Waals surface area contributed by atoms with Gasteiger partial charge >= 0.3 is 12.1 Å². The van der Waals surface area contributed by atoms with E-state index in [2.05, 4.69) is 25.3 Å². The number of carbonyl (C=O) groups is 1. The first-order valence-electron chi connectivity index (χ1n) is 6.47. The van der Waals surface area contributed by atoms with E-state index in [1.165, 1.54) is 7.11 Å². The van der Waals surface area contributed by atoms with Crippen LogP contribution in [0.1, 0.15) is 24.0 Å². The van der Waals surface area contributed by atoms with Gasteiger partial charge in [-0.25, -0.2) is 9.98 Å². The number of ether oxygens (including phenoxy) is 1. The summed E-state index contributed by atoms with van der Waals surface area (Å²) in [4.78, 5) is 18.6. The average Bonchev–Trinajstić information content (AvgIpc) is 2.93. The van der Waals surface area contributed by atoms with Gasteiger partial charge in [0, 0.05) is 18.5 Å². The number of rotatable bonds is 6. The predicted molar refractivity (Wildman–Crippen MR) is 76.6 cm³/mol. The molecule has 0 unspecified atom stereocenters. The Morgan fingerprint density at radius 2 is 2.18 bits per heavy atom. The smallest absolute Gasteiger partial charge is 0.434 e. The zero-order valence-corrected chi connectivity index (χ0v) is 13.0. The molecule has 0 aliphatic carbocycles. The molecule has 2 N–H and O–H groups in total. The Bertz CT molecular complexity index is 517. The highest BCUT2D eigenvalue weighted by atomic mass is 32.1. The molecular weight excluding hydrogens is 321 g/mol. The Morgan fingerprint density at radius 3 is 2.73 bits per heavy atom. The second-order valence-electron chi connectivity index (χ2n) is 4.07. The standard InChI is InChI=1S/C12H17F3N4O2S/c1-3-16-11(17-5-4-10(20)21-2)18-6-9-19-8(7-22-9)12(13,14)15/h7H,3-6H2,1-2H3,(H2,16,17,18). The third kappa shape index (κ3) is 6.29. The largest absolute Gasteiger partial charge is 0.469 e. The molecule has 0 amide bonds. The number of nitrogens with one attached hydrogen (secondary N) is 2. The van der Waals surface area contributed by atoms with E-state index in [1.807, 2.05) is 6.92 Å². The van der Waals surface area contributed by atoms with E-state index in [0.717, 1.165) is 16.7 Å². The number of nitrogens with zero attached hydrogens (tertiary/aromatic N) is 2. The molecule has 1 rings (SSSR count). The van der Waals surface area contributed by atoms with Crippen LogP contribution in [0.5, 0.6) is 0 Å². The van der Waals surface area contributed by atoms with Crippen molar-refractivity contribution in [1.29, 1.82) is 0 Å². The third-order valence-electron chi connectivity index (χ3n) is 2.41. The molecule has 0 fully saturated rings. The molecule has 0 aliphatic rings. The highest BCUT2D eigenvalue weighted by Gasteiger charge is 2.33. The molecule has 1 heterocycles. The van der Waals surface area contributed by atoms with Crippen LogP contribution >= 0.6 is 11.3 Å². The number of esters is 1. The van der Waals surface area contributed by atoms with Crippen LogP contribution in [0.2, 0.25) is 0 Å². The summed E-state index contributed by atoms with van der Waals surface area (Å²) in [6.45, 7) is 2.76. The summed E-state index contributed by atoms with van der Waals surface area (Å²) >= 11 is 0.901. The van der Waals surface area contributed by atoms with Crippen LogP contribution in [0, 0.1) is 0 Å². The van der Waals surface area contributed by atoms with Gasteiger partial charge in [-0.1, -0.05) is 0 Å². The van der Waals surface area contributed by atoms with Crippen molar-refractivity contribution in [3.8, 4) is 0 Å². The molecule has 0 aliphatic heterocycles. The van der Waals surface area contributed by atoms with E-state index in [1.54, 1.807) is 0 Å². The van der Waals surface area contributed by atoms with Gasteiger partial charge in [-0.3, -0.25) is 4.79 Å². The fourth-order valence-corrected chi connectivity index (χ4v) is 2.11. The maximum atomic E-state index is 12.4. The van der Waals surface area contributed by atoms with Crippen LogP contribution in [0.15, 0.2) is 10.4 Å². The zero-order valence-electron chi connectivity index (χ0n) is 12.2. The highest BCUT2D eigenvalue weighted by Crippen LogP contribution is 2.30. The van der Waals surface area contributed by atoms with Crippen LogP contribution in [-0.4, -0.2) is 37.1 Å². The van der Waals surface area contributed by atoms with Gasteiger partial charge in [-0.15, -0.1) is 11.3 Å². The number of hydrogen-bond donors (Lipinski definition) is 2. The number of alkyl halides is 3. The first kappa shape index (κ1) is 18.2. The number of guanidine groups is 1. The summed E-state index contributed by atoms with van der Waals surface area (Å²) in [5, 5.41) is 7.03. The SMILES string of the molecule is CCNC(=NCc1nc(C(F)(F)F)cs1)NCCC(=O)OC. The number of hydrogen-bond acceptors (Lipinski definition) is 5. The van der Waals surface area contributed by atoms with Gasteiger partial charge in [0.15, 0.2) is 11.7 Å². The molecule has 0 atom stereocenters. The monoisotopic (exact) mass is 338 g/mol. The lowest BCUT2D eigenvalue weighted by atomic mass is 10.4. The van der Waals surface area contributed by atoms with Gasteiger partial charge in [-0.05, 0) is 6.92 Å². The maximum absolute atomic E-state index is 12.4. The van der Waals surface area contributed by atoms with Gasteiger partial charge in [0.25, 0.3) is 0 Å². The summed E-state index contributed by atoms with van der Waals surface area (Å²) < 4.78 is 41.8. The maximum Gasteiger partial charge on any atom is 0.434 e. The Balaban J connectivity index is 2.58. The normalized spacial score (nSPS) is 12.1. The van der Waals surface area contributed by atoms with Crippen molar-refractivity contribution < 1.29 is 22.7 Å². The fraction of sp³-hybridized carbons (Fsp3) is 0.583. The van der Waals surface area contributed by atoms with Gasteiger partial charge in [0.2, 0.25) is 0 Å². The summed E-state index contributed by atoms with van der Waals surface area (Å²) in [6.07, 6.45) is -4.28. The highest BCUT2D eigenvalue weighted by molar-refractivity contribution is 7.09. The molecule has 0 aromatic carbocycles. The van der Waals surface area contributed by atoms with Crippen molar-refractivity contribution in [3.63, 3.8) is 0 Å². The second kappa shape index (κ2) is 8.57. The van der Waals surface area contributed by atoms with Crippen LogP contribution in [0.3, 0.4) is 0 Å². The van der Waals surface area contributed by atoms with Crippen molar-refractivity contribution in [2.45, 2.75) is 26.1 Å². The molecule has 1 aromatic heterocycles. The summed E-state index contributed by atoms with van der Waals surface area (Å²) in [7, 11) is 1.29. The van der Waals surface area contributed by atoms with E-state index in [-0.39, 0.29) is 23.9 Å². The van der Waals surface area contributed by atoms with E-state index < -0.39 is 11.9 Å². The van der Waals surface area contributed by atoms with Crippen molar-refractivity contribution in [2.75, 3.05) is 20.2 Å². The lowest BCUT2D eigenvalue weighted by Gasteiger charge is -2.10. The molecule has 10 heteroatoms. The topological polar surface area (TPSA) is 75.6 Å². The van der Waals surface area contributed by atoms with Crippen LogP contribution in [0.4, 0.5) is 13.2 Å². The second-order valence-corrected chi connectivity index (χ2v) is 5.01. The Kier molecular flexibility index (Phi) is 7.09. The number of thiazole rings is 1. The molecular formula is C12H17F3N4O2S. The number of carbonyl (C=O) groups excluding carboxylic acids is 1. The van der Waals surface area contributed by atoms with Crippen molar-refractivity contribution in [1.82, 2.24) is 15.6 Å². The van der Waals surface area contributed by atoms with Gasteiger partial charge < -0.3 is 15.4 Å². The molecule has 0 saturated carbocycles. The summed E-state index contributed by atoms with van der Waals surface area (Å²) in [5.41, 5.74) is -0.911.